The van der Waals surface area contributed by atoms with E-state index < -0.39 is 9.84 Å². The molecular weight excluding hydrogens is 340 g/mol. The van der Waals surface area contributed by atoms with Crippen LogP contribution in [-0.4, -0.2) is 74.5 Å². The smallest absolute Gasteiger partial charge is 0.253 e. The summed E-state index contributed by atoms with van der Waals surface area (Å²) in [4.78, 5) is 16.7. The molecule has 2 aliphatic heterocycles. The highest BCUT2D eigenvalue weighted by atomic mass is 32.2. The second-order valence-corrected chi connectivity index (χ2v) is 9.21. The summed E-state index contributed by atoms with van der Waals surface area (Å²) in [5.74, 6) is 0.519. The zero-order valence-electron chi connectivity index (χ0n) is 14.7. The van der Waals surface area contributed by atoms with Gasteiger partial charge in [-0.2, -0.15) is 0 Å². The summed E-state index contributed by atoms with van der Waals surface area (Å²) in [6.07, 6.45) is 0.938. The first-order valence-electron chi connectivity index (χ1n) is 8.85. The molecule has 1 atom stereocenters. The van der Waals surface area contributed by atoms with Gasteiger partial charge in [0.25, 0.3) is 5.91 Å². The van der Waals surface area contributed by atoms with E-state index in [2.05, 4.69) is 4.90 Å². The van der Waals surface area contributed by atoms with E-state index in [1.54, 1.807) is 0 Å². The van der Waals surface area contributed by atoms with Crippen molar-refractivity contribution in [3.05, 3.63) is 35.4 Å². The molecule has 0 radical (unpaired) electrons. The molecule has 2 heterocycles. The third-order valence-electron chi connectivity index (χ3n) is 4.78. The average Bonchev–Trinajstić information content (AvgIpc) is 2.81. The van der Waals surface area contributed by atoms with Crippen LogP contribution in [0.15, 0.2) is 24.3 Å². The summed E-state index contributed by atoms with van der Waals surface area (Å²) in [7, 11) is -2.85. The van der Waals surface area contributed by atoms with Gasteiger partial charge in [0.1, 0.15) is 0 Å². The molecule has 6 nitrogen and oxygen atoms in total. The van der Waals surface area contributed by atoms with E-state index in [4.69, 9.17) is 4.74 Å². The first-order valence-corrected chi connectivity index (χ1v) is 10.7. The quantitative estimate of drug-likeness (QED) is 0.803. The molecule has 0 N–H and O–H groups in total. The molecule has 1 amide bonds. The molecule has 138 valence electrons. The maximum atomic E-state index is 12.7. The largest absolute Gasteiger partial charge is 0.377 e. The minimum absolute atomic E-state index is 0.0490. The zero-order valence-corrected chi connectivity index (χ0v) is 15.5. The maximum Gasteiger partial charge on any atom is 0.253 e. The van der Waals surface area contributed by atoms with Gasteiger partial charge in [0.05, 0.1) is 17.6 Å². The number of ether oxygens (including phenoxy) is 1. The van der Waals surface area contributed by atoms with Crippen molar-refractivity contribution >= 4 is 15.7 Å². The summed E-state index contributed by atoms with van der Waals surface area (Å²) in [5, 5.41) is 0. The molecule has 2 aliphatic rings. The summed E-state index contributed by atoms with van der Waals surface area (Å²) < 4.78 is 28.6. The van der Waals surface area contributed by atoms with Crippen LogP contribution in [0, 0.1) is 0 Å². The third-order valence-corrected chi connectivity index (χ3v) is 6.39. The molecule has 0 aliphatic carbocycles. The Balaban J connectivity index is 1.59. The predicted octanol–water partition coefficient (Wildman–Crippen LogP) is 1.17. The molecule has 0 spiro atoms. The van der Waals surface area contributed by atoms with E-state index in [1.807, 2.05) is 36.1 Å². The Morgan fingerprint density at radius 3 is 2.52 bits per heavy atom. The van der Waals surface area contributed by atoms with Gasteiger partial charge in [-0.05, 0) is 31.0 Å². The van der Waals surface area contributed by atoms with Gasteiger partial charge in [-0.1, -0.05) is 12.1 Å². The number of hydrogen-bond donors (Lipinski definition) is 0. The van der Waals surface area contributed by atoms with E-state index in [1.165, 1.54) is 0 Å². The molecule has 7 heteroatoms. The summed E-state index contributed by atoms with van der Waals surface area (Å²) in [6, 6.07) is 7.67. The number of sulfone groups is 1. The maximum absolute atomic E-state index is 12.7. The average molecular weight is 366 g/mol. The topological polar surface area (TPSA) is 66.9 Å². The summed E-state index contributed by atoms with van der Waals surface area (Å²) in [5.41, 5.74) is 1.79. The molecule has 0 unspecified atom stereocenters. The molecule has 3 rings (SSSR count). The molecule has 0 bridgehead atoms. The van der Waals surface area contributed by atoms with Crippen LogP contribution in [0.4, 0.5) is 0 Å². The number of hydrogen-bond acceptors (Lipinski definition) is 5. The Bertz CT molecular complexity index is 688. The fraction of sp³-hybridized carbons (Fsp3) is 0.611. The third kappa shape index (κ3) is 5.03. The van der Waals surface area contributed by atoms with Crippen molar-refractivity contribution in [3.63, 3.8) is 0 Å². The molecule has 2 saturated heterocycles. The van der Waals surface area contributed by atoms with Crippen LogP contribution in [0.1, 0.15) is 29.3 Å². The monoisotopic (exact) mass is 366 g/mol. The molecule has 0 aromatic heterocycles. The standard InChI is InChI=1S/C18H26N2O4S/c1-15-13-20(7-2-10-24-15)18(21)17-5-3-16(4-6-17)14-19-8-11-25(22,23)12-9-19/h3-6,15H,2,7-14H2,1H3/t15-/m0/s1. The number of carbonyl (C=O) groups is 1. The summed E-state index contributed by atoms with van der Waals surface area (Å²) in [6.45, 7) is 5.93. The Hall–Kier alpha value is -1.44. The number of carbonyl (C=O) groups excluding carboxylic acids is 1. The van der Waals surface area contributed by atoms with Crippen molar-refractivity contribution in [2.24, 2.45) is 0 Å². The second kappa shape index (κ2) is 7.85. The first-order chi connectivity index (χ1) is 11.9. The van der Waals surface area contributed by atoms with Crippen molar-refractivity contribution in [1.82, 2.24) is 9.80 Å². The zero-order chi connectivity index (χ0) is 17.9. The SMILES string of the molecule is C[C@H]1CN(C(=O)c2ccc(CN3CCS(=O)(=O)CC3)cc2)CCCO1. The predicted molar refractivity (Wildman–Crippen MR) is 96.3 cm³/mol. The molecular formula is C18H26N2O4S. The number of benzene rings is 1. The lowest BCUT2D eigenvalue weighted by atomic mass is 10.1. The van der Waals surface area contributed by atoms with Crippen LogP contribution in [0.25, 0.3) is 0 Å². The Morgan fingerprint density at radius 2 is 1.84 bits per heavy atom. The van der Waals surface area contributed by atoms with Crippen molar-refractivity contribution in [3.8, 4) is 0 Å². The van der Waals surface area contributed by atoms with Gasteiger partial charge in [0, 0.05) is 44.9 Å². The molecule has 25 heavy (non-hydrogen) atoms. The van der Waals surface area contributed by atoms with Crippen LogP contribution in [-0.2, 0) is 21.1 Å². The number of amides is 1. The highest BCUT2D eigenvalue weighted by Gasteiger charge is 2.23. The van der Waals surface area contributed by atoms with Crippen LogP contribution in [0.5, 0.6) is 0 Å². The van der Waals surface area contributed by atoms with Gasteiger partial charge in [0.15, 0.2) is 9.84 Å². The first kappa shape index (κ1) is 18.4. The van der Waals surface area contributed by atoms with Crippen LogP contribution in [0.2, 0.25) is 0 Å². The minimum Gasteiger partial charge on any atom is -0.377 e. The van der Waals surface area contributed by atoms with Crippen LogP contribution in [0.3, 0.4) is 0 Å². The lowest BCUT2D eigenvalue weighted by Gasteiger charge is -2.26. The molecule has 1 aromatic rings. The van der Waals surface area contributed by atoms with E-state index in [0.717, 1.165) is 25.1 Å². The molecule has 2 fully saturated rings. The van der Waals surface area contributed by atoms with Crippen LogP contribution < -0.4 is 0 Å². The van der Waals surface area contributed by atoms with Gasteiger partial charge in [0.2, 0.25) is 0 Å². The van der Waals surface area contributed by atoms with E-state index in [0.29, 0.717) is 31.8 Å². The number of nitrogens with zero attached hydrogens (tertiary/aromatic N) is 2. The summed E-state index contributed by atoms with van der Waals surface area (Å²) >= 11 is 0. The van der Waals surface area contributed by atoms with Crippen molar-refractivity contribution < 1.29 is 17.9 Å². The normalized spacial score (nSPS) is 24.7. The second-order valence-electron chi connectivity index (χ2n) is 6.91. The molecule has 1 aromatic carbocycles. The Labute approximate surface area is 149 Å². The highest BCUT2D eigenvalue weighted by Crippen LogP contribution is 2.14. The van der Waals surface area contributed by atoms with Crippen molar-refractivity contribution in [2.75, 3.05) is 44.3 Å². The van der Waals surface area contributed by atoms with Crippen molar-refractivity contribution in [2.45, 2.75) is 26.0 Å². The fourth-order valence-corrected chi connectivity index (χ4v) is 4.56. The van der Waals surface area contributed by atoms with Gasteiger partial charge in [-0.25, -0.2) is 8.42 Å². The van der Waals surface area contributed by atoms with E-state index in [-0.39, 0.29) is 23.5 Å². The Morgan fingerprint density at radius 1 is 1.16 bits per heavy atom. The van der Waals surface area contributed by atoms with Gasteiger partial charge in [-0.15, -0.1) is 0 Å². The minimum atomic E-state index is -2.85. The van der Waals surface area contributed by atoms with E-state index in [9.17, 15) is 13.2 Å². The lowest BCUT2D eigenvalue weighted by molar-refractivity contribution is 0.0562. The van der Waals surface area contributed by atoms with Gasteiger partial charge in [-0.3, -0.25) is 9.69 Å². The lowest BCUT2D eigenvalue weighted by Crippen LogP contribution is -2.39. The van der Waals surface area contributed by atoms with Gasteiger partial charge >= 0.3 is 0 Å². The molecule has 0 saturated carbocycles. The highest BCUT2D eigenvalue weighted by molar-refractivity contribution is 7.91. The van der Waals surface area contributed by atoms with Crippen LogP contribution >= 0.6 is 0 Å². The fourth-order valence-electron chi connectivity index (χ4n) is 3.28. The van der Waals surface area contributed by atoms with Gasteiger partial charge < -0.3 is 9.64 Å². The number of rotatable bonds is 3. The Kier molecular flexibility index (Phi) is 5.76. The van der Waals surface area contributed by atoms with Crippen molar-refractivity contribution in [1.29, 1.82) is 0 Å². The van der Waals surface area contributed by atoms with E-state index >= 15 is 0 Å².